The third-order valence-corrected chi connectivity index (χ3v) is 9.95. The molecule has 1 aliphatic heterocycles. The van der Waals surface area contributed by atoms with Gasteiger partial charge in [0.2, 0.25) is 11.8 Å². The minimum atomic E-state index is -1.49. The Bertz CT molecular complexity index is 1950. The molecule has 8 rings (SSSR count). The van der Waals surface area contributed by atoms with Crippen molar-refractivity contribution in [1.29, 1.82) is 0 Å². The van der Waals surface area contributed by atoms with E-state index in [0.717, 1.165) is 22.3 Å². The van der Waals surface area contributed by atoms with Crippen LogP contribution < -0.4 is 4.90 Å². The summed E-state index contributed by atoms with van der Waals surface area (Å²) in [6.07, 6.45) is 0. The number of carbonyl (C=O) groups is 4. The molecular weight excluding hydrogens is 574 g/mol. The number of carboxylic acids is 1. The summed E-state index contributed by atoms with van der Waals surface area (Å²) in [7, 11) is 0. The van der Waals surface area contributed by atoms with Gasteiger partial charge in [0.25, 0.3) is 0 Å². The molecule has 2 fully saturated rings. The summed E-state index contributed by atoms with van der Waals surface area (Å²) in [5.74, 6) is -4.34. The summed E-state index contributed by atoms with van der Waals surface area (Å²) in [5.41, 5.74) is 1.71. The second kappa shape index (κ2) is 10.1. The predicted octanol–water partition coefficient (Wildman–Crippen LogP) is 6.57. The Hall–Kier alpha value is -5.88. The molecule has 2 amide bonds. The highest BCUT2D eigenvalue weighted by Gasteiger charge is 2.82. The minimum absolute atomic E-state index is 0.0409. The number of Topliss-reactive ketones (excluding diaryl/α,β-unsaturated/α-hetero) is 1. The molecule has 2 aliphatic carbocycles. The molecule has 6 nitrogen and oxygen atoms in total. The molecule has 1 saturated carbocycles. The Morgan fingerprint density at radius 2 is 0.891 bits per heavy atom. The summed E-state index contributed by atoms with van der Waals surface area (Å²) >= 11 is 0. The number of carbonyl (C=O) groups excluding carboxylic acids is 3. The van der Waals surface area contributed by atoms with Crippen molar-refractivity contribution >= 4 is 40.4 Å². The van der Waals surface area contributed by atoms with Crippen LogP contribution in [0.2, 0.25) is 0 Å². The van der Waals surface area contributed by atoms with Crippen LogP contribution in [0.15, 0.2) is 146 Å². The van der Waals surface area contributed by atoms with Crippen LogP contribution in [-0.2, 0) is 25.2 Å². The number of aromatic carboxylic acids is 1. The number of carboxylic acid groups (broad SMARTS) is 1. The van der Waals surface area contributed by atoms with Crippen LogP contribution >= 0.6 is 0 Å². The van der Waals surface area contributed by atoms with E-state index in [-0.39, 0.29) is 17.0 Å². The van der Waals surface area contributed by atoms with E-state index in [1.165, 1.54) is 29.2 Å². The van der Waals surface area contributed by atoms with Gasteiger partial charge in [-0.15, -0.1) is 0 Å². The molecule has 0 spiro atoms. The number of hydrogen-bond acceptors (Lipinski definition) is 4. The maximum absolute atomic E-state index is 15.8. The van der Waals surface area contributed by atoms with Crippen molar-refractivity contribution in [2.24, 2.45) is 11.8 Å². The molecule has 0 aromatic heterocycles. The minimum Gasteiger partial charge on any atom is -0.478 e. The first-order valence-corrected chi connectivity index (χ1v) is 15.2. The van der Waals surface area contributed by atoms with Gasteiger partial charge in [0.15, 0.2) is 5.78 Å². The number of amides is 2. The predicted molar refractivity (Wildman–Crippen MR) is 174 cm³/mol. The number of allylic oxidation sites excluding steroid dienone is 2. The molecule has 4 atom stereocenters. The van der Waals surface area contributed by atoms with E-state index >= 15 is 4.79 Å². The fourth-order valence-electron chi connectivity index (χ4n) is 8.34. The van der Waals surface area contributed by atoms with E-state index < -0.39 is 40.4 Å². The van der Waals surface area contributed by atoms with Crippen molar-refractivity contribution in [2.45, 2.75) is 10.8 Å². The Balaban J connectivity index is 1.52. The van der Waals surface area contributed by atoms with Gasteiger partial charge in [0.1, 0.15) is 0 Å². The number of ketones is 1. The van der Waals surface area contributed by atoms with Crippen LogP contribution in [0.4, 0.5) is 5.69 Å². The largest absolute Gasteiger partial charge is 0.478 e. The zero-order chi connectivity index (χ0) is 31.6. The lowest BCUT2D eigenvalue weighted by Gasteiger charge is -2.39. The zero-order valence-corrected chi connectivity index (χ0v) is 24.5. The van der Waals surface area contributed by atoms with Gasteiger partial charge < -0.3 is 5.11 Å². The van der Waals surface area contributed by atoms with Crippen molar-refractivity contribution in [3.63, 3.8) is 0 Å². The molecule has 1 heterocycles. The average Bonchev–Trinajstić information content (AvgIpc) is 3.62. The summed E-state index contributed by atoms with van der Waals surface area (Å²) < 4.78 is 0. The molecular formula is C40H27NO5. The molecule has 3 aliphatic rings. The van der Waals surface area contributed by atoms with E-state index in [4.69, 9.17) is 0 Å². The molecule has 5 aromatic rings. The molecule has 5 aromatic carbocycles. The smallest absolute Gasteiger partial charge is 0.335 e. The molecule has 2 bridgehead atoms. The van der Waals surface area contributed by atoms with Gasteiger partial charge in [-0.1, -0.05) is 121 Å². The van der Waals surface area contributed by atoms with Crippen LogP contribution in [-0.4, -0.2) is 28.7 Å². The highest BCUT2D eigenvalue weighted by molar-refractivity contribution is 6.39. The van der Waals surface area contributed by atoms with Gasteiger partial charge in [-0.25, -0.2) is 9.69 Å². The lowest BCUT2D eigenvalue weighted by Crippen LogP contribution is -2.45. The van der Waals surface area contributed by atoms with Gasteiger partial charge in [-0.3, -0.25) is 14.4 Å². The first-order chi connectivity index (χ1) is 22.4. The fourth-order valence-corrected chi connectivity index (χ4v) is 8.34. The van der Waals surface area contributed by atoms with Crippen molar-refractivity contribution in [1.82, 2.24) is 0 Å². The Morgan fingerprint density at radius 3 is 1.26 bits per heavy atom. The van der Waals surface area contributed by atoms with E-state index in [9.17, 15) is 19.5 Å². The van der Waals surface area contributed by atoms with E-state index in [1.807, 2.05) is 121 Å². The van der Waals surface area contributed by atoms with Crippen LogP contribution in [0.25, 0.3) is 11.1 Å². The lowest BCUT2D eigenvalue weighted by molar-refractivity contribution is -0.130. The molecule has 6 heteroatoms. The van der Waals surface area contributed by atoms with Crippen LogP contribution in [0.5, 0.6) is 0 Å². The Morgan fingerprint density at radius 1 is 0.522 bits per heavy atom. The van der Waals surface area contributed by atoms with E-state index in [2.05, 4.69) is 0 Å². The quantitative estimate of drug-likeness (QED) is 0.222. The Kier molecular flexibility index (Phi) is 6.06. The highest BCUT2D eigenvalue weighted by atomic mass is 16.4. The average molecular weight is 602 g/mol. The number of fused-ring (bicyclic) bond motifs is 5. The van der Waals surface area contributed by atoms with Crippen molar-refractivity contribution in [3.8, 4) is 0 Å². The number of rotatable bonds is 6. The van der Waals surface area contributed by atoms with Gasteiger partial charge in [-0.05, 0) is 57.7 Å². The fraction of sp³-hybridized carbons (Fsp3) is 0.100. The number of nitrogens with zero attached hydrogens (tertiary/aromatic N) is 1. The maximum Gasteiger partial charge on any atom is 0.335 e. The van der Waals surface area contributed by atoms with Crippen molar-refractivity contribution in [2.75, 3.05) is 4.90 Å². The van der Waals surface area contributed by atoms with E-state index in [0.29, 0.717) is 11.1 Å². The molecule has 4 unspecified atom stereocenters. The summed E-state index contributed by atoms with van der Waals surface area (Å²) in [6.45, 7) is 0. The normalized spacial score (nSPS) is 24.9. The third-order valence-electron chi connectivity index (χ3n) is 9.95. The SMILES string of the molecule is O=C(O)c1ccc(N2C(=O)C3C(C2=O)C2(c4ccccc4)C(=O)C3(c3ccccc3)C(c3ccccc3)=C2c2ccccc2)cc1. The van der Waals surface area contributed by atoms with E-state index in [1.54, 1.807) is 0 Å². The Labute approximate surface area is 265 Å². The molecule has 222 valence electrons. The molecule has 0 radical (unpaired) electrons. The molecule has 46 heavy (non-hydrogen) atoms. The van der Waals surface area contributed by atoms with Crippen LogP contribution in [0.3, 0.4) is 0 Å². The molecule has 1 N–H and O–H groups in total. The third kappa shape index (κ3) is 3.41. The first-order valence-electron chi connectivity index (χ1n) is 15.2. The number of hydrogen-bond donors (Lipinski definition) is 1. The first kappa shape index (κ1) is 27.7. The van der Waals surface area contributed by atoms with Gasteiger partial charge in [-0.2, -0.15) is 0 Å². The van der Waals surface area contributed by atoms with Crippen LogP contribution in [0.1, 0.15) is 32.6 Å². The zero-order valence-electron chi connectivity index (χ0n) is 24.5. The van der Waals surface area contributed by atoms with Gasteiger partial charge >= 0.3 is 5.97 Å². The highest BCUT2D eigenvalue weighted by Crippen LogP contribution is 2.74. The van der Waals surface area contributed by atoms with Gasteiger partial charge in [0.05, 0.1) is 33.9 Å². The topological polar surface area (TPSA) is 91.8 Å². The standard InChI is InChI=1S/C40H27NO5/c42-35-33-34(36(43)41(35)30-23-21-27(22-24-30)37(44)45)40(29-19-11-4-12-20-29)32(26-15-7-2-8-16-26)31(25-13-5-1-6-14-25)39(33,38(40)46)28-17-9-3-10-18-28/h1-24,33-34H,(H,44,45). The summed E-state index contributed by atoms with van der Waals surface area (Å²) in [6, 6.07) is 43.9. The van der Waals surface area contributed by atoms with Gasteiger partial charge in [0, 0.05) is 0 Å². The second-order valence-electron chi connectivity index (χ2n) is 12.0. The summed E-state index contributed by atoms with van der Waals surface area (Å²) in [5, 5.41) is 9.49. The van der Waals surface area contributed by atoms with Crippen LogP contribution in [0, 0.1) is 11.8 Å². The lowest BCUT2D eigenvalue weighted by atomic mass is 9.59. The molecule has 1 saturated heterocycles. The number of anilines is 1. The monoisotopic (exact) mass is 601 g/mol. The summed E-state index contributed by atoms with van der Waals surface area (Å²) in [4.78, 5) is 58.5. The number of imide groups is 1. The van der Waals surface area contributed by atoms with Crippen molar-refractivity contribution in [3.05, 3.63) is 173 Å². The maximum atomic E-state index is 15.8. The van der Waals surface area contributed by atoms with Crippen molar-refractivity contribution < 1.29 is 24.3 Å². The number of benzene rings is 5. The second-order valence-corrected chi connectivity index (χ2v) is 12.0.